The first-order valence-electron chi connectivity index (χ1n) is 9.47. The summed E-state index contributed by atoms with van der Waals surface area (Å²) in [5.41, 5.74) is -0.612. The fourth-order valence-electron chi connectivity index (χ4n) is 2.85. The van der Waals surface area contributed by atoms with E-state index in [0.29, 0.717) is 31.9 Å². The standard InChI is InChI=1S/C19H29BrN4O4/c1-12(2)15(23-18(26)28-19(3,4)5)16(25)24-8-6-14(7-9-24)27-17-21-10-13(20)11-22-17/h10-12,14-15H,6-9H2,1-5H3,(H,23,26)/t15-/m0/s1. The third kappa shape index (κ3) is 6.92. The number of halogens is 1. The van der Waals surface area contributed by atoms with Crippen LogP contribution in [0.2, 0.25) is 0 Å². The second-order valence-electron chi connectivity index (χ2n) is 8.19. The van der Waals surface area contributed by atoms with E-state index in [9.17, 15) is 9.59 Å². The van der Waals surface area contributed by atoms with E-state index in [1.54, 1.807) is 38.1 Å². The van der Waals surface area contributed by atoms with Crippen LogP contribution < -0.4 is 10.1 Å². The third-order valence-electron chi connectivity index (χ3n) is 4.23. The Morgan fingerprint density at radius 1 is 1.21 bits per heavy atom. The van der Waals surface area contributed by atoms with Crippen LogP contribution in [0.4, 0.5) is 4.79 Å². The van der Waals surface area contributed by atoms with E-state index in [2.05, 4.69) is 31.2 Å². The number of ether oxygens (including phenoxy) is 2. The molecular weight excluding hydrogens is 428 g/mol. The van der Waals surface area contributed by atoms with Crippen LogP contribution in [-0.4, -0.2) is 57.7 Å². The summed E-state index contributed by atoms with van der Waals surface area (Å²) in [7, 11) is 0. The van der Waals surface area contributed by atoms with Gasteiger partial charge in [-0.1, -0.05) is 13.8 Å². The first-order valence-corrected chi connectivity index (χ1v) is 10.3. The van der Waals surface area contributed by atoms with Gasteiger partial charge >= 0.3 is 12.1 Å². The molecular formula is C19H29BrN4O4. The Morgan fingerprint density at radius 3 is 2.29 bits per heavy atom. The molecule has 0 saturated carbocycles. The number of amides is 2. The van der Waals surface area contributed by atoms with Crippen LogP contribution >= 0.6 is 15.9 Å². The molecule has 8 nitrogen and oxygen atoms in total. The summed E-state index contributed by atoms with van der Waals surface area (Å²) in [6.45, 7) is 10.3. The molecule has 1 aromatic rings. The molecule has 0 aromatic carbocycles. The summed E-state index contributed by atoms with van der Waals surface area (Å²) in [4.78, 5) is 35.0. The lowest BCUT2D eigenvalue weighted by atomic mass is 10.0. The van der Waals surface area contributed by atoms with Gasteiger partial charge in [0.15, 0.2) is 0 Å². The number of piperidine rings is 1. The Hall–Kier alpha value is -1.90. The zero-order valence-corrected chi connectivity index (χ0v) is 18.7. The molecule has 28 heavy (non-hydrogen) atoms. The highest BCUT2D eigenvalue weighted by Crippen LogP contribution is 2.19. The number of hydrogen-bond donors (Lipinski definition) is 1. The van der Waals surface area contributed by atoms with Gasteiger partial charge in [0, 0.05) is 38.3 Å². The van der Waals surface area contributed by atoms with Crippen LogP contribution in [0.15, 0.2) is 16.9 Å². The maximum absolute atomic E-state index is 12.9. The van der Waals surface area contributed by atoms with Crippen LogP contribution in [0.1, 0.15) is 47.5 Å². The maximum atomic E-state index is 12.9. The van der Waals surface area contributed by atoms with Crippen molar-refractivity contribution in [1.29, 1.82) is 0 Å². The van der Waals surface area contributed by atoms with Gasteiger partial charge < -0.3 is 19.7 Å². The number of nitrogens with zero attached hydrogens (tertiary/aromatic N) is 3. The molecule has 0 spiro atoms. The number of carbonyl (C=O) groups is 2. The van der Waals surface area contributed by atoms with Crippen molar-refractivity contribution in [3.63, 3.8) is 0 Å². The predicted molar refractivity (Wildman–Crippen MR) is 108 cm³/mol. The van der Waals surface area contributed by atoms with E-state index in [1.165, 1.54) is 0 Å². The molecule has 1 aliphatic rings. The summed E-state index contributed by atoms with van der Waals surface area (Å²) in [6.07, 6.45) is 4.02. The number of nitrogens with one attached hydrogen (secondary N) is 1. The molecule has 2 heterocycles. The number of likely N-dealkylation sites (tertiary alicyclic amines) is 1. The molecule has 1 aromatic heterocycles. The van der Waals surface area contributed by atoms with E-state index in [4.69, 9.17) is 9.47 Å². The second kappa shape index (κ2) is 9.54. The monoisotopic (exact) mass is 456 g/mol. The van der Waals surface area contributed by atoms with Gasteiger partial charge in [0.25, 0.3) is 0 Å². The van der Waals surface area contributed by atoms with Crippen molar-refractivity contribution in [2.75, 3.05) is 13.1 Å². The first kappa shape index (κ1) is 22.4. The van der Waals surface area contributed by atoms with Crippen molar-refractivity contribution in [1.82, 2.24) is 20.2 Å². The summed E-state index contributed by atoms with van der Waals surface area (Å²) < 4.78 is 11.9. The Kier molecular flexibility index (Phi) is 7.63. The number of alkyl carbamates (subject to hydrolysis) is 1. The molecule has 0 aliphatic carbocycles. The second-order valence-corrected chi connectivity index (χ2v) is 9.11. The van der Waals surface area contributed by atoms with Crippen molar-refractivity contribution < 1.29 is 19.1 Å². The molecule has 1 fully saturated rings. The molecule has 156 valence electrons. The maximum Gasteiger partial charge on any atom is 0.408 e. The lowest BCUT2D eigenvalue weighted by molar-refractivity contribution is -0.136. The van der Waals surface area contributed by atoms with Crippen LogP contribution in [0, 0.1) is 5.92 Å². The zero-order valence-electron chi connectivity index (χ0n) is 17.1. The topological polar surface area (TPSA) is 93.7 Å². The molecule has 0 bridgehead atoms. The molecule has 9 heteroatoms. The number of aromatic nitrogens is 2. The molecule has 0 radical (unpaired) electrons. The minimum absolute atomic E-state index is 0.0402. The van der Waals surface area contributed by atoms with Crippen LogP contribution in [0.25, 0.3) is 0 Å². The van der Waals surface area contributed by atoms with Gasteiger partial charge in [0.2, 0.25) is 5.91 Å². The van der Waals surface area contributed by atoms with Gasteiger partial charge in [-0.3, -0.25) is 4.79 Å². The van der Waals surface area contributed by atoms with E-state index in [0.717, 1.165) is 4.47 Å². The van der Waals surface area contributed by atoms with Crippen molar-refractivity contribution in [2.24, 2.45) is 5.92 Å². The molecule has 2 rings (SSSR count). The van der Waals surface area contributed by atoms with E-state index < -0.39 is 17.7 Å². The number of rotatable bonds is 5. The van der Waals surface area contributed by atoms with Gasteiger partial charge in [-0.05, 0) is 42.6 Å². The summed E-state index contributed by atoms with van der Waals surface area (Å²) in [5.74, 6) is -0.149. The predicted octanol–water partition coefficient (Wildman–Crippen LogP) is 3.16. The lowest BCUT2D eigenvalue weighted by Crippen LogP contribution is -2.54. The third-order valence-corrected chi connectivity index (χ3v) is 4.64. The van der Waals surface area contributed by atoms with Gasteiger partial charge in [-0.25, -0.2) is 14.8 Å². The van der Waals surface area contributed by atoms with Crippen molar-refractivity contribution in [3.8, 4) is 6.01 Å². The van der Waals surface area contributed by atoms with Gasteiger partial charge in [-0.15, -0.1) is 0 Å². The fourth-order valence-corrected chi connectivity index (χ4v) is 3.05. The van der Waals surface area contributed by atoms with E-state index in [-0.39, 0.29) is 17.9 Å². The molecule has 1 aliphatic heterocycles. The van der Waals surface area contributed by atoms with Gasteiger partial charge in [-0.2, -0.15) is 0 Å². The molecule has 0 unspecified atom stereocenters. The SMILES string of the molecule is CC(C)[C@H](NC(=O)OC(C)(C)C)C(=O)N1CCC(Oc2ncc(Br)cn2)CC1. The van der Waals surface area contributed by atoms with Crippen LogP contribution in [-0.2, 0) is 9.53 Å². The minimum atomic E-state index is -0.623. The smallest absolute Gasteiger partial charge is 0.408 e. The molecule has 2 amide bonds. The lowest BCUT2D eigenvalue weighted by Gasteiger charge is -2.35. The highest BCUT2D eigenvalue weighted by atomic mass is 79.9. The zero-order chi connectivity index (χ0) is 20.9. The Labute approximate surface area is 174 Å². The fraction of sp³-hybridized carbons (Fsp3) is 0.684. The average Bonchev–Trinajstić information content (AvgIpc) is 2.60. The first-order chi connectivity index (χ1) is 13.0. The summed E-state index contributed by atoms with van der Waals surface area (Å²) in [5, 5.41) is 2.72. The van der Waals surface area contributed by atoms with Crippen molar-refractivity contribution >= 4 is 27.9 Å². The highest BCUT2D eigenvalue weighted by Gasteiger charge is 2.33. The quantitative estimate of drug-likeness (QED) is 0.730. The van der Waals surface area contributed by atoms with Gasteiger partial charge in [0.1, 0.15) is 17.7 Å². The van der Waals surface area contributed by atoms with Gasteiger partial charge in [0.05, 0.1) is 4.47 Å². The van der Waals surface area contributed by atoms with Crippen LogP contribution in [0.5, 0.6) is 6.01 Å². The van der Waals surface area contributed by atoms with Crippen LogP contribution in [0.3, 0.4) is 0 Å². The van der Waals surface area contributed by atoms with E-state index >= 15 is 0 Å². The Morgan fingerprint density at radius 2 is 1.79 bits per heavy atom. The molecule has 1 N–H and O–H groups in total. The number of hydrogen-bond acceptors (Lipinski definition) is 6. The molecule has 1 atom stereocenters. The Bertz CT molecular complexity index is 668. The normalized spacial score (nSPS) is 16.6. The largest absolute Gasteiger partial charge is 0.460 e. The number of carbonyl (C=O) groups excluding carboxylic acids is 2. The van der Waals surface area contributed by atoms with Crippen molar-refractivity contribution in [2.45, 2.75) is 65.2 Å². The molecule has 1 saturated heterocycles. The van der Waals surface area contributed by atoms with Crippen molar-refractivity contribution in [3.05, 3.63) is 16.9 Å². The van der Waals surface area contributed by atoms with E-state index in [1.807, 2.05) is 13.8 Å². The highest BCUT2D eigenvalue weighted by molar-refractivity contribution is 9.10. The summed E-state index contributed by atoms with van der Waals surface area (Å²) >= 11 is 3.29. The minimum Gasteiger partial charge on any atom is -0.460 e. The average molecular weight is 457 g/mol. The summed E-state index contributed by atoms with van der Waals surface area (Å²) in [6, 6.07) is -0.290. The Balaban J connectivity index is 1.89.